The van der Waals surface area contributed by atoms with Gasteiger partial charge in [-0.05, 0) is 17.7 Å². The average Bonchev–Trinajstić information content (AvgIpc) is 3.07. The van der Waals surface area contributed by atoms with E-state index in [0.29, 0.717) is 29.0 Å². The number of aromatic nitrogens is 5. The Bertz CT molecular complexity index is 1020. The van der Waals surface area contributed by atoms with Crippen molar-refractivity contribution in [2.75, 3.05) is 0 Å². The van der Waals surface area contributed by atoms with E-state index in [9.17, 15) is 9.50 Å². The quantitative estimate of drug-likeness (QED) is 0.628. The summed E-state index contributed by atoms with van der Waals surface area (Å²) in [5.74, 6) is -0.327. The van der Waals surface area contributed by atoms with Crippen LogP contribution in [-0.4, -0.2) is 29.4 Å². The number of hydrogen-bond acceptors (Lipinski definition) is 5. The summed E-state index contributed by atoms with van der Waals surface area (Å²) < 4.78 is 15.0. The largest absolute Gasteiger partial charge is 0.494 e. The topological polar surface area (TPSA) is 76.2 Å². The lowest BCUT2D eigenvalue weighted by Crippen LogP contribution is -2.02. The first-order chi connectivity index (χ1) is 11.7. The number of rotatable bonds is 3. The van der Waals surface area contributed by atoms with Crippen molar-refractivity contribution >= 4 is 5.65 Å². The van der Waals surface area contributed by atoms with Crippen LogP contribution in [0.1, 0.15) is 11.1 Å². The van der Waals surface area contributed by atoms with Gasteiger partial charge in [0.05, 0.1) is 12.4 Å². The van der Waals surface area contributed by atoms with E-state index in [4.69, 9.17) is 0 Å². The third kappa shape index (κ3) is 2.45. The van der Waals surface area contributed by atoms with E-state index in [1.807, 2.05) is 0 Å². The Morgan fingerprint density at radius 2 is 2.04 bits per heavy atom. The van der Waals surface area contributed by atoms with Crippen molar-refractivity contribution in [3.8, 4) is 17.3 Å². The molecule has 118 valence electrons. The van der Waals surface area contributed by atoms with Crippen LogP contribution in [0.3, 0.4) is 0 Å². The Balaban J connectivity index is 1.93. The molecule has 0 aliphatic carbocycles. The van der Waals surface area contributed by atoms with E-state index in [1.165, 1.54) is 22.9 Å². The molecule has 3 heterocycles. The molecule has 1 aromatic carbocycles. The zero-order valence-electron chi connectivity index (χ0n) is 12.5. The maximum absolute atomic E-state index is 13.5. The highest BCUT2D eigenvalue weighted by molar-refractivity contribution is 5.65. The first kappa shape index (κ1) is 14.3. The number of nitrogens with zero attached hydrogens (tertiary/aromatic N) is 5. The number of benzene rings is 1. The molecule has 4 aromatic rings. The molecule has 1 N–H and O–H groups in total. The van der Waals surface area contributed by atoms with Crippen LogP contribution in [0.2, 0.25) is 0 Å². The van der Waals surface area contributed by atoms with Crippen molar-refractivity contribution in [3.63, 3.8) is 0 Å². The normalized spacial score (nSPS) is 11.0. The van der Waals surface area contributed by atoms with Crippen LogP contribution in [0, 0.1) is 5.82 Å². The Hall–Kier alpha value is -3.35. The monoisotopic (exact) mass is 321 g/mol. The van der Waals surface area contributed by atoms with Crippen molar-refractivity contribution < 1.29 is 9.50 Å². The lowest BCUT2D eigenvalue weighted by molar-refractivity contribution is 0.438. The van der Waals surface area contributed by atoms with Gasteiger partial charge in [-0.1, -0.05) is 12.1 Å². The summed E-state index contributed by atoms with van der Waals surface area (Å²) in [6.07, 6.45) is 8.02. The molecule has 0 aliphatic rings. The van der Waals surface area contributed by atoms with E-state index < -0.39 is 0 Å². The first-order valence-corrected chi connectivity index (χ1v) is 7.27. The Morgan fingerprint density at radius 1 is 1.12 bits per heavy atom. The minimum Gasteiger partial charge on any atom is -0.494 e. The van der Waals surface area contributed by atoms with Crippen molar-refractivity contribution in [1.82, 2.24) is 24.3 Å². The van der Waals surface area contributed by atoms with E-state index >= 15 is 0 Å². The summed E-state index contributed by atoms with van der Waals surface area (Å²) in [6.45, 7) is 0. The number of halogens is 1. The molecule has 4 rings (SSSR count). The van der Waals surface area contributed by atoms with Gasteiger partial charge >= 0.3 is 0 Å². The first-order valence-electron chi connectivity index (χ1n) is 7.27. The summed E-state index contributed by atoms with van der Waals surface area (Å²) in [6, 6.07) is 6.23. The molecule has 0 atom stereocenters. The van der Waals surface area contributed by atoms with Gasteiger partial charge in [-0.3, -0.25) is 14.4 Å². The molecule has 6 nitrogen and oxygen atoms in total. The molecule has 0 radical (unpaired) electrons. The average molecular weight is 321 g/mol. The van der Waals surface area contributed by atoms with Crippen LogP contribution in [0.4, 0.5) is 4.39 Å². The van der Waals surface area contributed by atoms with Crippen LogP contribution < -0.4 is 0 Å². The summed E-state index contributed by atoms with van der Waals surface area (Å²) in [4.78, 5) is 16.8. The van der Waals surface area contributed by atoms with E-state index in [2.05, 4.69) is 19.9 Å². The Kier molecular flexibility index (Phi) is 3.38. The number of imidazole rings is 1. The Morgan fingerprint density at radius 3 is 2.83 bits per heavy atom. The zero-order chi connectivity index (χ0) is 16.5. The molecule has 0 saturated carbocycles. The highest BCUT2D eigenvalue weighted by Crippen LogP contribution is 2.30. The summed E-state index contributed by atoms with van der Waals surface area (Å²) in [5.41, 5.74) is 2.78. The second kappa shape index (κ2) is 5.69. The predicted molar refractivity (Wildman–Crippen MR) is 84.9 cm³/mol. The molecule has 0 bridgehead atoms. The van der Waals surface area contributed by atoms with Gasteiger partial charge in [-0.25, -0.2) is 14.4 Å². The van der Waals surface area contributed by atoms with Gasteiger partial charge in [0.1, 0.15) is 23.5 Å². The molecule has 7 heteroatoms. The van der Waals surface area contributed by atoms with Gasteiger partial charge in [-0.2, -0.15) is 0 Å². The zero-order valence-corrected chi connectivity index (χ0v) is 12.5. The molecular formula is C17H12FN5O. The SMILES string of the molecule is Oc1c(Cc2cccc(F)c2)c(-c2cnccn2)nc2cncn12. The van der Waals surface area contributed by atoms with Crippen LogP contribution in [-0.2, 0) is 6.42 Å². The summed E-state index contributed by atoms with van der Waals surface area (Å²) >= 11 is 0. The van der Waals surface area contributed by atoms with Crippen LogP contribution in [0.5, 0.6) is 5.88 Å². The van der Waals surface area contributed by atoms with Crippen molar-refractivity contribution in [2.45, 2.75) is 6.42 Å². The highest BCUT2D eigenvalue weighted by Gasteiger charge is 2.18. The predicted octanol–water partition coefficient (Wildman–Crippen LogP) is 2.62. The smallest absolute Gasteiger partial charge is 0.203 e. The molecule has 3 aromatic heterocycles. The van der Waals surface area contributed by atoms with Crippen molar-refractivity contribution in [3.05, 3.63) is 72.3 Å². The standard InChI is InChI=1S/C17H12FN5O/c18-12-3-1-2-11(6-12)7-13-16(14-8-19-4-5-21-14)22-15-9-20-10-23(15)17(13)24/h1-6,8-10,24H,7H2. The lowest BCUT2D eigenvalue weighted by Gasteiger charge is -2.12. The van der Waals surface area contributed by atoms with Crippen LogP contribution in [0.25, 0.3) is 17.0 Å². The fourth-order valence-electron chi connectivity index (χ4n) is 2.61. The van der Waals surface area contributed by atoms with Gasteiger partial charge in [0.2, 0.25) is 5.88 Å². The summed E-state index contributed by atoms with van der Waals surface area (Å²) in [5, 5.41) is 10.7. The summed E-state index contributed by atoms with van der Waals surface area (Å²) in [7, 11) is 0. The Labute approximate surface area is 136 Å². The second-order valence-corrected chi connectivity index (χ2v) is 5.28. The molecule has 0 amide bonds. The number of aromatic hydroxyl groups is 1. The third-order valence-corrected chi connectivity index (χ3v) is 3.70. The van der Waals surface area contributed by atoms with Crippen LogP contribution in [0.15, 0.2) is 55.4 Å². The maximum atomic E-state index is 13.5. The molecule has 0 unspecified atom stereocenters. The molecule has 0 fully saturated rings. The van der Waals surface area contributed by atoms with E-state index in [1.54, 1.807) is 36.9 Å². The van der Waals surface area contributed by atoms with Gasteiger partial charge < -0.3 is 5.11 Å². The van der Waals surface area contributed by atoms with E-state index in [-0.39, 0.29) is 11.7 Å². The number of fused-ring (bicyclic) bond motifs is 1. The maximum Gasteiger partial charge on any atom is 0.203 e. The third-order valence-electron chi connectivity index (χ3n) is 3.70. The molecule has 24 heavy (non-hydrogen) atoms. The van der Waals surface area contributed by atoms with Gasteiger partial charge in [-0.15, -0.1) is 0 Å². The molecule has 0 aliphatic heterocycles. The second-order valence-electron chi connectivity index (χ2n) is 5.28. The van der Waals surface area contributed by atoms with Gasteiger partial charge in [0.25, 0.3) is 0 Å². The lowest BCUT2D eigenvalue weighted by atomic mass is 10.0. The van der Waals surface area contributed by atoms with Crippen molar-refractivity contribution in [2.24, 2.45) is 0 Å². The van der Waals surface area contributed by atoms with Gasteiger partial charge in [0, 0.05) is 24.4 Å². The van der Waals surface area contributed by atoms with Gasteiger partial charge in [0.15, 0.2) is 5.65 Å². The molecule has 0 saturated heterocycles. The number of hydrogen-bond donors (Lipinski definition) is 1. The van der Waals surface area contributed by atoms with E-state index in [0.717, 1.165) is 5.56 Å². The van der Waals surface area contributed by atoms with Crippen LogP contribution >= 0.6 is 0 Å². The highest BCUT2D eigenvalue weighted by atomic mass is 19.1. The fourth-order valence-corrected chi connectivity index (χ4v) is 2.61. The minimum atomic E-state index is -0.329. The van der Waals surface area contributed by atoms with Crippen molar-refractivity contribution in [1.29, 1.82) is 0 Å². The molecule has 0 spiro atoms. The minimum absolute atomic E-state index is 0.00224. The molecular weight excluding hydrogens is 309 g/mol. The fraction of sp³-hybridized carbons (Fsp3) is 0.0588.